The highest BCUT2D eigenvalue weighted by molar-refractivity contribution is 5.98. The molecule has 0 saturated heterocycles. The first-order chi connectivity index (χ1) is 6.01. The number of carboxylic acid groups (broad SMARTS) is 2. The van der Waals surface area contributed by atoms with E-state index in [2.05, 4.69) is 6.58 Å². The van der Waals surface area contributed by atoms with Gasteiger partial charge in [0.15, 0.2) is 5.41 Å². The second-order valence-corrected chi connectivity index (χ2v) is 2.57. The van der Waals surface area contributed by atoms with Crippen molar-refractivity contribution in [2.45, 2.75) is 12.8 Å². The highest BCUT2D eigenvalue weighted by Crippen LogP contribution is 2.27. The van der Waals surface area contributed by atoms with Crippen molar-refractivity contribution < 1.29 is 19.8 Å². The summed E-state index contributed by atoms with van der Waals surface area (Å²) in [6.07, 6.45) is 5.62. The van der Waals surface area contributed by atoms with Crippen LogP contribution in [0.3, 0.4) is 0 Å². The summed E-state index contributed by atoms with van der Waals surface area (Å²) in [6.45, 7) is 3.30. The highest BCUT2D eigenvalue weighted by Gasteiger charge is 2.44. The van der Waals surface area contributed by atoms with Crippen LogP contribution in [0, 0.1) is 17.8 Å². The third-order valence-corrected chi connectivity index (χ3v) is 1.72. The fraction of sp³-hybridized carbons (Fsp3) is 0.333. The van der Waals surface area contributed by atoms with Gasteiger partial charge < -0.3 is 10.2 Å². The minimum absolute atomic E-state index is 0.179. The molecule has 0 aromatic heterocycles. The maximum absolute atomic E-state index is 10.7. The van der Waals surface area contributed by atoms with E-state index >= 15 is 0 Å². The van der Waals surface area contributed by atoms with Crippen molar-refractivity contribution in [2.75, 3.05) is 0 Å². The van der Waals surface area contributed by atoms with Gasteiger partial charge in [-0.1, -0.05) is 6.08 Å². The zero-order chi connectivity index (χ0) is 10.5. The minimum atomic E-state index is -1.92. The molecule has 0 atom stereocenters. The summed E-state index contributed by atoms with van der Waals surface area (Å²) in [6, 6.07) is 0. The molecule has 2 N–H and O–H groups in total. The van der Waals surface area contributed by atoms with Gasteiger partial charge in [0.25, 0.3) is 0 Å². The molecule has 0 rings (SSSR count). The molecule has 0 aliphatic heterocycles. The summed E-state index contributed by atoms with van der Waals surface area (Å²) < 4.78 is 0. The Bertz CT molecular complexity index is 258. The lowest BCUT2D eigenvalue weighted by Crippen LogP contribution is -2.38. The van der Waals surface area contributed by atoms with Crippen LogP contribution < -0.4 is 0 Å². The molecule has 4 heteroatoms. The SMILES string of the molecule is C#CCC(CC=C)(C(=O)O)C(=O)O. The number of hydrogen-bond acceptors (Lipinski definition) is 2. The van der Waals surface area contributed by atoms with Crippen LogP contribution in [0.25, 0.3) is 0 Å². The van der Waals surface area contributed by atoms with Gasteiger partial charge in [-0.2, -0.15) is 0 Å². The van der Waals surface area contributed by atoms with E-state index in [0.29, 0.717) is 0 Å². The van der Waals surface area contributed by atoms with E-state index in [1.165, 1.54) is 6.08 Å². The van der Waals surface area contributed by atoms with E-state index in [1.807, 2.05) is 5.92 Å². The van der Waals surface area contributed by atoms with E-state index in [9.17, 15) is 9.59 Å². The van der Waals surface area contributed by atoms with Crippen molar-refractivity contribution in [3.8, 4) is 12.3 Å². The molecule has 0 amide bonds. The van der Waals surface area contributed by atoms with Crippen molar-refractivity contribution in [2.24, 2.45) is 5.41 Å². The number of hydrogen-bond donors (Lipinski definition) is 2. The van der Waals surface area contributed by atoms with Gasteiger partial charge in [-0.25, -0.2) is 0 Å². The van der Waals surface area contributed by atoms with Gasteiger partial charge in [0.1, 0.15) is 0 Å². The molecule has 0 saturated carbocycles. The normalized spacial score (nSPS) is 10.1. The first-order valence-electron chi connectivity index (χ1n) is 3.52. The Morgan fingerprint density at radius 2 is 1.92 bits per heavy atom. The molecule has 13 heavy (non-hydrogen) atoms. The summed E-state index contributed by atoms with van der Waals surface area (Å²) in [5, 5.41) is 17.5. The molecule has 0 aliphatic rings. The van der Waals surface area contributed by atoms with Crippen LogP contribution in [-0.4, -0.2) is 22.2 Å². The van der Waals surface area contributed by atoms with E-state index in [4.69, 9.17) is 16.6 Å². The van der Waals surface area contributed by atoms with Gasteiger partial charge in [0, 0.05) is 6.42 Å². The minimum Gasteiger partial charge on any atom is -0.480 e. The summed E-state index contributed by atoms with van der Waals surface area (Å²) in [7, 11) is 0. The number of aliphatic carboxylic acids is 2. The summed E-state index contributed by atoms with van der Waals surface area (Å²) in [5.74, 6) is -0.818. The Labute approximate surface area is 75.9 Å². The number of carbonyl (C=O) groups is 2. The van der Waals surface area contributed by atoms with Crippen molar-refractivity contribution in [3.63, 3.8) is 0 Å². The standard InChI is InChI=1S/C9H10O4/c1-3-5-9(6-4-2,7(10)11)8(12)13/h1,4H,2,5-6H2,(H,10,11)(H,12,13). The molecule has 0 heterocycles. The molecule has 0 radical (unpaired) electrons. The molecule has 0 spiro atoms. The monoisotopic (exact) mass is 182 g/mol. The number of carboxylic acids is 2. The molecular weight excluding hydrogens is 172 g/mol. The fourth-order valence-corrected chi connectivity index (χ4v) is 0.910. The van der Waals surface area contributed by atoms with E-state index in [-0.39, 0.29) is 12.8 Å². The van der Waals surface area contributed by atoms with Crippen LogP contribution in [0.5, 0.6) is 0 Å². The lowest BCUT2D eigenvalue weighted by molar-refractivity contribution is -0.164. The summed E-state index contributed by atoms with van der Waals surface area (Å²) in [5.41, 5.74) is -1.92. The fourth-order valence-electron chi connectivity index (χ4n) is 0.910. The Morgan fingerprint density at radius 1 is 1.46 bits per heavy atom. The Balaban J connectivity index is 5.05. The number of terminal acetylenes is 1. The maximum atomic E-state index is 10.7. The Morgan fingerprint density at radius 3 is 2.15 bits per heavy atom. The van der Waals surface area contributed by atoms with Gasteiger partial charge in [0.05, 0.1) is 0 Å². The highest BCUT2D eigenvalue weighted by atomic mass is 16.4. The zero-order valence-corrected chi connectivity index (χ0v) is 6.99. The molecule has 0 aromatic carbocycles. The van der Waals surface area contributed by atoms with Gasteiger partial charge >= 0.3 is 11.9 Å². The van der Waals surface area contributed by atoms with Crippen molar-refractivity contribution in [3.05, 3.63) is 12.7 Å². The quantitative estimate of drug-likeness (QED) is 0.373. The molecule has 0 aliphatic carbocycles. The summed E-state index contributed by atoms with van der Waals surface area (Å²) in [4.78, 5) is 21.4. The van der Waals surface area contributed by atoms with Crippen LogP contribution >= 0.6 is 0 Å². The zero-order valence-electron chi connectivity index (χ0n) is 6.99. The largest absolute Gasteiger partial charge is 0.480 e. The summed E-state index contributed by atoms with van der Waals surface area (Å²) >= 11 is 0. The molecule has 0 unspecified atom stereocenters. The predicted molar refractivity (Wildman–Crippen MR) is 46.0 cm³/mol. The first-order valence-corrected chi connectivity index (χ1v) is 3.52. The van der Waals surface area contributed by atoms with E-state index in [1.54, 1.807) is 0 Å². The third-order valence-electron chi connectivity index (χ3n) is 1.72. The average molecular weight is 182 g/mol. The van der Waals surface area contributed by atoms with Crippen LogP contribution in [0.2, 0.25) is 0 Å². The lowest BCUT2D eigenvalue weighted by Gasteiger charge is -2.20. The predicted octanol–water partition coefficient (Wildman–Crippen LogP) is 0.741. The molecule has 0 aromatic rings. The first kappa shape index (κ1) is 11.2. The van der Waals surface area contributed by atoms with Gasteiger partial charge in [-0.05, 0) is 6.42 Å². The third kappa shape index (κ3) is 2.09. The maximum Gasteiger partial charge on any atom is 0.322 e. The van der Waals surface area contributed by atoms with Gasteiger partial charge in [-0.3, -0.25) is 9.59 Å². The van der Waals surface area contributed by atoms with Crippen molar-refractivity contribution in [1.82, 2.24) is 0 Å². The molecule has 70 valence electrons. The Hall–Kier alpha value is -1.76. The van der Waals surface area contributed by atoms with E-state index < -0.39 is 17.4 Å². The number of allylic oxidation sites excluding steroid dienone is 1. The van der Waals surface area contributed by atoms with Crippen LogP contribution in [-0.2, 0) is 9.59 Å². The van der Waals surface area contributed by atoms with Crippen LogP contribution in [0.1, 0.15) is 12.8 Å². The molecule has 0 fully saturated rings. The van der Waals surface area contributed by atoms with Gasteiger partial charge in [0.2, 0.25) is 0 Å². The lowest BCUT2D eigenvalue weighted by atomic mass is 9.81. The van der Waals surface area contributed by atoms with Gasteiger partial charge in [-0.15, -0.1) is 18.9 Å². The molecule has 4 nitrogen and oxygen atoms in total. The second-order valence-electron chi connectivity index (χ2n) is 2.57. The van der Waals surface area contributed by atoms with Crippen LogP contribution in [0.15, 0.2) is 12.7 Å². The number of rotatable bonds is 5. The Kier molecular flexibility index (Phi) is 3.73. The van der Waals surface area contributed by atoms with E-state index in [0.717, 1.165) is 0 Å². The van der Waals surface area contributed by atoms with Crippen molar-refractivity contribution >= 4 is 11.9 Å². The van der Waals surface area contributed by atoms with Crippen LogP contribution in [0.4, 0.5) is 0 Å². The second kappa shape index (κ2) is 4.31. The molecular formula is C9H10O4. The topological polar surface area (TPSA) is 74.6 Å². The van der Waals surface area contributed by atoms with Crippen molar-refractivity contribution in [1.29, 1.82) is 0 Å². The smallest absolute Gasteiger partial charge is 0.322 e. The molecule has 0 bridgehead atoms. The average Bonchev–Trinajstić information content (AvgIpc) is 2.03.